The van der Waals surface area contributed by atoms with E-state index in [-0.39, 0.29) is 0 Å². The second kappa shape index (κ2) is 3.09. The predicted octanol–water partition coefficient (Wildman–Crippen LogP) is 3.28. The van der Waals surface area contributed by atoms with E-state index in [9.17, 15) is 0 Å². The van der Waals surface area contributed by atoms with Gasteiger partial charge in [-0.3, -0.25) is 4.98 Å². The first-order valence-electron chi connectivity index (χ1n) is 5.23. The SMILES string of the molecule is CCc1ccc2c(c1)[nH]c1ccncc12. The first-order chi connectivity index (χ1) is 7.38. The Morgan fingerprint density at radius 2 is 2.07 bits per heavy atom. The fourth-order valence-electron chi connectivity index (χ4n) is 2.01. The Balaban J connectivity index is 2.43. The molecule has 0 aliphatic carbocycles. The van der Waals surface area contributed by atoms with Crippen LogP contribution in [0.4, 0.5) is 0 Å². The molecular formula is C13H12N2. The summed E-state index contributed by atoms with van der Waals surface area (Å²) in [5, 5.41) is 2.46. The van der Waals surface area contributed by atoms with Crippen LogP contribution in [0.2, 0.25) is 0 Å². The summed E-state index contributed by atoms with van der Waals surface area (Å²) in [7, 11) is 0. The van der Waals surface area contributed by atoms with Crippen LogP contribution < -0.4 is 0 Å². The lowest BCUT2D eigenvalue weighted by atomic mass is 10.1. The average molecular weight is 196 g/mol. The number of hydrogen-bond acceptors (Lipinski definition) is 1. The van der Waals surface area contributed by atoms with Gasteiger partial charge in [0.25, 0.3) is 0 Å². The number of aromatic nitrogens is 2. The normalized spacial score (nSPS) is 11.3. The predicted molar refractivity (Wildman–Crippen MR) is 63.0 cm³/mol. The largest absolute Gasteiger partial charge is 0.354 e. The third-order valence-corrected chi connectivity index (χ3v) is 2.87. The molecular weight excluding hydrogens is 184 g/mol. The van der Waals surface area contributed by atoms with Gasteiger partial charge in [-0.05, 0) is 24.1 Å². The highest BCUT2D eigenvalue weighted by Crippen LogP contribution is 2.25. The van der Waals surface area contributed by atoms with Crippen LogP contribution in [0.1, 0.15) is 12.5 Å². The minimum Gasteiger partial charge on any atom is -0.354 e. The standard InChI is InChI=1S/C13H12N2/c1-2-9-3-4-10-11-8-14-6-5-12(11)15-13(10)7-9/h3-8,15H,2H2,1H3. The number of H-pyrrole nitrogens is 1. The summed E-state index contributed by atoms with van der Waals surface area (Å²) < 4.78 is 0. The molecule has 0 amide bonds. The topological polar surface area (TPSA) is 28.7 Å². The van der Waals surface area contributed by atoms with Gasteiger partial charge in [0.2, 0.25) is 0 Å². The minimum absolute atomic E-state index is 1.07. The van der Waals surface area contributed by atoms with Crippen molar-refractivity contribution in [1.82, 2.24) is 9.97 Å². The molecule has 0 aliphatic heterocycles. The molecule has 2 heteroatoms. The summed E-state index contributed by atoms with van der Waals surface area (Å²) in [6, 6.07) is 8.59. The van der Waals surface area contributed by atoms with Crippen molar-refractivity contribution in [3.05, 3.63) is 42.2 Å². The lowest BCUT2D eigenvalue weighted by molar-refractivity contribution is 1.14. The fraction of sp³-hybridized carbons (Fsp3) is 0.154. The van der Waals surface area contributed by atoms with Crippen molar-refractivity contribution in [3.63, 3.8) is 0 Å². The number of nitrogens with one attached hydrogen (secondary N) is 1. The van der Waals surface area contributed by atoms with Gasteiger partial charge in [-0.1, -0.05) is 19.1 Å². The van der Waals surface area contributed by atoms with Gasteiger partial charge < -0.3 is 4.98 Å². The smallest absolute Gasteiger partial charge is 0.0495 e. The van der Waals surface area contributed by atoms with Gasteiger partial charge in [-0.15, -0.1) is 0 Å². The summed E-state index contributed by atoms with van der Waals surface area (Å²) >= 11 is 0. The highest BCUT2D eigenvalue weighted by molar-refractivity contribution is 6.06. The minimum atomic E-state index is 1.07. The van der Waals surface area contributed by atoms with Gasteiger partial charge in [0.05, 0.1) is 0 Å². The van der Waals surface area contributed by atoms with Crippen LogP contribution in [0, 0.1) is 0 Å². The summed E-state index contributed by atoms with van der Waals surface area (Å²) in [5.41, 5.74) is 3.73. The zero-order valence-electron chi connectivity index (χ0n) is 8.62. The lowest BCUT2D eigenvalue weighted by Gasteiger charge is -1.95. The molecule has 0 unspecified atom stereocenters. The zero-order valence-corrected chi connectivity index (χ0v) is 8.62. The van der Waals surface area contributed by atoms with Crippen molar-refractivity contribution in [3.8, 4) is 0 Å². The van der Waals surface area contributed by atoms with E-state index in [2.05, 4.69) is 35.1 Å². The number of hydrogen-bond donors (Lipinski definition) is 1. The molecule has 0 spiro atoms. The number of pyridine rings is 1. The summed E-state index contributed by atoms with van der Waals surface area (Å²) in [6.07, 6.45) is 4.81. The van der Waals surface area contributed by atoms with Crippen LogP contribution in [0.15, 0.2) is 36.7 Å². The molecule has 0 atom stereocenters. The Kier molecular flexibility index (Phi) is 1.75. The second-order valence-corrected chi connectivity index (χ2v) is 3.78. The number of rotatable bonds is 1. The van der Waals surface area contributed by atoms with Gasteiger partial charge in [0, 0.05) is 34.2 Å². The van der Waals surface area contributed by atoms with Gasteiger partial charge in [0.15, 0.2) is 0 Å². The maximum absolute atomic E-state index is 4.16. The Labute approximate surface area is 88.0 Å². The molecule has 0 saturated carbocycles. The zero-order chi connectivity index (χ0) is 10.3. The third-order valence-electron chi connectivity index (χ3n) is 2.87. The number of nitrogens with zero attached hydrogens (tertiary/aromatic N) is 1. The molecule has 15 heavy (non-hydrogen) atoms. The van der Waals surface area contributed by atoms with Crippen molar-refractivity contribution in [2.75, 3.05) is 0 Å². The molecule has 2 aromatic heterocycles. The van der Waals surface area contributed by atoms with E-state index in [4.69, 9.17) is 0 Å². The van der Waals surface area contributed by atoms with E-state index < -0.39 is 0 Å². The fourth-order valence-corrected chi connectivity index (χ4v) is 2.01. The van der Waals surface area contributed by atoms with Gasteiger partial charge in [-0.25, -0.2) is 0 Å². The van der Waals surface area contributed by atoms with Crippen LogP contribution >= 0.6 is 0 Å². The maximum atomic E-state index is 4.16. The van der Waals surface area contributed by atoms with Crippen LogP contribution in [0.25, 0.3) is 21.8 Å². The first-order valence-corrected chi connectivity index (χ1v) is 5.23. The summed E-state index contributed by atoms with van der Waals surface area (Å²) in [5.74, 6) is 0. The van der Waals surface area contributed by atoms with E-state index >= 15 is 0 Å². The molecule has 0 aliphatic rings. The Morgan fingerprint density at radius 3 is 2.93 bits per heavy atom. The van der Waals surface area contributed by atoms with Crippen LogP contribution in [0.5, 0.6) is 0 Å². The molecule has 0 radical (unpaired) electrons. The van der Waals surface area contributed by atoms with E-state index in [1.807, 2.05) is 18.5 Å². The van der Waals surface area contributed by atoms with Gasteiger partial charge >= 0.3 is 0 Å². The molecule has 3 rings (SSSR count). The lowest BCUT2D eigenvalue weighted by Crippen LogP contribution is -1.78. The molecule has 3 aromatic rings. The van der Waals surface area contributed by atoms with E-state index in [0.717, 1.165) is 11.9 Å². The van der Waals surface area contributed by atoms with Crippen molar-refractivity contribution >= 4 is 21.8 Å². The first kappa shape index (κ1) is 8.48. The second-order valence-electron chi connectivity index (χ2n) is 3.78. The van der Waals surface area contributed by atoms with Crippen LogP contribution in [-0.2, 0) is 6.42 Å². The third kappa shape index (κ3) is 1.22. The average Bonchev–Trinajstić information content (AvgIpc) is 2.66. The molecule has 1 N–H and O–H groups in total. The van der Waals surface area contributed by atoms with Gasteiger partial charge in [-0.2, -0.15) is 0 Å². The highest BCUT2D eigenvalue weighted by Gasteiger charge is 2.03. The van der Waals surface area contributed by atoms with Crippen LogP contribution in [0.3, 0.4) is 0 Å². The maximum Gasteiger partial charge on any atom is 0.0495 e. The monoisotopic (exact) mass is 196 g/mol. The van der Waals surface area contributed by atoms with Crippen LogP contribution in [-0.4, -0.2) is 9.97 Å². The quantitative estimate of drug-likeness (QED) is 0.635. The summed E-state index contributed by atoms with van der Waals surface area (Å²) in [4.78, 5) is 7.57. The molecule has 0 saturated heterocycles. The number of aromatic amines is 1. The van der Waals surface area contributed by atoms with Gasteiger partial charge in [0.1, 0.15) is 0 Å². The Morgan fingerprint density at radius 1 is 1.13 bits per heavy atom. The molecule has 74 valence electrons. The summed E-state index contributed by atoms with van der Waals surface area (Å²) in [6.45, 7) is 2.17. The Hall–Kier alpha value is -1.83. The Bertz CT molecular complexity index is 623. The number of fused-ring (bicyclic) bond motifs is 3. The van der Waals surface area contributed by atoms with Crippen molar-refractivity contribution < 1.29 is 0 Å². The number of aryl methyl sites for hydroxylation is 1. The molecule has 0 fully saturated rings. The molecule has 2 nitrogen and oxygen atoms in total. The van der Waals surface area contributed by atoms with E-state index in [0.29, 0.717) is 0 Å². The molecule has 2 heterocycles. The van der Waals surface area contributed by atoms with E-state index in [1.165, 1.54) is 21.9 Å². The number of benzene rings is 1. The molecule has 1 aromatic carbocycles. The highest BCUT2D eigenvalue weighted by atomic mass is 14.7. The van der Waals surface area contributed by atoms with E-state index in [1.54, 1.807) is 0 Å². The van der Waals surface area contributed by atoms with Crippen molar-refractivity contribution in [2.24, 2.45) is 0 Å². The molecule has 0 bridgehead atoms. The van der Waals surface area contributed by atoms with Crippen molar-refractivity contribution in [2.45, 2.75) is 13.3 Å². The van der Waals surface area contributed by atoms with Crippen molar-refractivity contribution in [1.29, 1.82) is 0 Å².